The second kappa shape index (κ2) is 5.97. The first kappa shape index (κ1) is 14.4. The summed E-state index contributed by atoms with van der Waals surface area (Å²) in [6.45, 7) is 1.51. The number of carbonyl (C=O) groups excluding carboxylic acids is 1. The van der Waals surface area contributed by atoms with Crippen molar-refractivity contribution in [2.24, 2.45) is 0 Å². The second-order valence-electron chi connectivity index (χ2n) is 4.48. The molecule has 3 nitrogen and oxygen atoms in total. The standard InChI is InChI=1S/C16H16ClNO2/c1-11(19)15-8-7-13(10-16(15)17)18(2)12-5-4-6-14(9-12)20-3/h4-10H,1-3H3. The molecule has 0 fully saturated rings. The smallest absolute Gasteiger partial charge is 0.161 e. The summed E-state index contributed by atoms with van der Waals surface area (Å²) >= 11 is 6.14. The number of ketones is 1. The molecule has 2 aromatic rings. The normalized spacial score (nSPS) is 10.2. The third kappa shape index (κ3) is 2.94. The van der Waals surface area contributed by atoms with E-state index in [1.54, 1.807) is 19.2 Å². The van der Waals surface area contributed by atoms with Gasteiger partial charge in [0, 0.05) is 30.1 Å². The van der Waals surface area contributed by atoms with E-state index in [1.807, 2.05) is 42.3 Å². The van der Waals surface area contributed by atoms with Gasteiger partial charge < -0.3 is 9.64 Å². The molecular formula is C16H16ClNO2. The SMILES string of the molecule is COc1cccc(N(C)c2ccc(C(C)=O)c(Cl)c2)c1. The number of carbonyl (C=O) groups is 1. The first-order valence-electron chi connectivity index (χ1n) is 6.21. The first-order valence-corrected chi connectivity index (χ1v) is 6.59. The van der Waals surface area contributed by atoms with Gasteiger partial charge in [-0.1, -0.05) is 17.7 Å². The van der Waals surface area contributed by atoms with E-state index in [1.165, 1.54) is 6.92 Å². The van der Waals surface area contributed by atoms with E-state index in [0.29, 0.717) is 10.6 Å². The predicted octanol–water partition coefficient (Wildman–Crippen LogP) is 4.32. The maximum absolute atomic E-state index is 11.4. The number of Topliss-reactive ketones (excluding diaryl/α,β-unsaturated/α-hetero) is 1. The second-order valence-corrected chi connectivity index (χ2v) is 4.89. The monoisotopic (exact) mass is 289 g/mol. The molecule has 0 aromatic heterocycles. The van der Waals surface area contributed by atoms with E-state index in [4.69, 9.17) is 16.3 Å². The van der Waals surface area contributed by atoms with Crippen molar-refractivity contribution in [3.8, 4) is 5.75 Å². The summed E-state index contributed by atoms with van der Waals surface area (Å²) in [6, 6.07) is 13.2. The Hall–Kier alpha value is -2.00. The zero-order valence-corrected chi connectivity index (χ0v) is 12.4. The molecule has 0 unspecified atom stereocenters. The van der Waals surface area contributed by atoms with Crippen molar-refractivity contribution in [3.05, 3.63) is 53.1 Å². The molecule has 0 saturated carbocycles. The Kier molecular flexibility index (Phi) is 4.30. The molecule has 0 N–H and O–H groups in total. The van der Waals surface area contributed by atoms with Crippen LogP contribution in [0.15, 0.2) is 42.5 Å². The van der Waals surface area contributed by atoms with Gasteiger partial charge in [-0.05, 0) is 37.3 Å². The molecule has 0 saturated heterocycles. The zero-order chi connectivity index (χ0) is 14.7. The molecule has 104 valence electrons. The quantitative estimate of drug-likeness (QED) is 0.785. The molecule has 0 aliphatic rings. The average Bonchev–Trinajstić information content (AvgIpc) is 2.46. The van der Waals surface area contributed by atoms with Crippen LogP contribution < -0.4 is 9.64 Å². The summed E-state index contributed by atoms with van der Waals surface area (Å²) in [6.07, 6.45) is 0. The summed E-state index contributed by atoms with van der Waals surface area (Å²) in [4.78, 5) is 13.4. The summed E-state index contributed by atoms with van der Waals surface area (Å²) < 4.78 is 5.22. The van der Waals surface area contributed by atoms with Crippen molar-refractivity contribution in [1.82, 2.24) is 0 Å². The van der Waals surface area contributed by atoms with Gasteiger partial charge in [0.05, 0.1) is 12.1 Å². The fraction of sp³-hybridized carbons (Fsp3) is 0.188. The van der Waals surface area contributed by atoms with Crippen LogP contribution in [0.4, 0.5) is 11.4 Å². The van der Waals surface area contributed by atoms with Gasteiger partial charge in [-0.3, -0.25) is 4.79 Å². The highest BCUT2D eigenvalue weighted by Crippen LogP contribution is 2.30. The molecule has 0 bridgehead atoms. The average molecular weight is 290 g/mol. The fourth-order valence-electron chi connectivity index (χ4n) is 1.97. The molecule has 0 amide bonds. The van der Waals surface area contributed by atoms with Crippen LogP contribution in [0.2, 0.25) is 5.02 Å². The number of hydrogen-bond acceptors (Lipinski definition) is 3. The molecule has 2 aromatic carbocycles. The summed E-state index contributed by atoms with van der Waals surface area (Å²) in [5.74, 6) is 0.756. The van der Waals surface area contributed by atoms with Crippen molar-refractivity contribution in [3.63, 3.8) is 0 Å². The van der Waals surface area contributed by atoms with Crippen molar-refractivity contribution >= 4 is 28.8 Å². The van der Waals surface area contributed by atoms with E-state index in [9.17, 15) is 4.79 Å². The van der Waals surface area contributed by atoms with Gasteiger partial charge in [0.2, 0.25) is 0 Å². The Morgan fingerprint density at radius 2 is 1.85 bits per heavy atom. The molecule has 0 spiro atoms. The minimum absolute atomic E-state index is 0.0365. The lowest BCUT2D eigenvalue weighted by Gasteiger charge is -2.20. The van der Waals surface area contributed by atoms with Gasteiger partial charge in [0.1, 0.15) is 5.75 Å². The molecule has 0 aliphatic carbocycles. The zero-order valence-electron chi connectivity index (χ0n) is 11.7. The summed E-state index contributed by atoms with van der Waals surface area (Å²) in [5, 5.41) is 0.463. The number of nitrogens with zero attached hydrogens (tertiary/aromatic N) is 1. The van der Waals surface area contributed by atoms with Crippen LogP contribution >= 0.6 is 11.6 Å². The Morgan fingerprint density at radius 1 is 1.15 bits per heavy atom. The van der Waals surface area contributed by atoms with Crippen LogP contribution in [0, 0.1) is 0 Å². The van der Waals surface area contributed by atoms with E-state index in [0.717, 1.165) is 17.1 Å². The van der Waals surface area contributed by atoms with Gasteiger partial charge in [-0.2, -0.15) is 0 Å². The van der Waals surface area contributed by atoms with Gasteiger partial charge in [0.15, 0.2) is 5.78 Å². The Balaban J connectivity index is 2.35. The van der Waals surface area contributed by atoms with Crippen molar-refractivity contribution < 1.29 is 9.53 Å². The molecule has 2 rings (SSSR count). The minimum Gasteiger partial charge on any atom is -0.497 e. The highest BCUT2D eigenvalue weighted by molar-refractivity contribution is 6.34. The Bertz CT molecular complexity index is 640. The lowest BCUT2D eigenvalue weighted by molar-refractivity contribution is 0.101. The highest BCUT2D eigenvalue weighted by atomic mass is 35.5. The molecule has 0 aliphatic heterocycles. The minimum atomic E-state index is -0.0365. The molecule has 0 atom stereocenters. The maximum Gasteiger partial charge on any atom is 0.161 e. The molecule has 20 heavy (non-hydrogen) atoms. The van der Waals surface area contributed by atoms with E-state index in [-0.39, 0.29) is 5.78 Å². The third-order valence-corrected chi connectivity index (χ3v) is 3.47. The maximum atomic E-state index is 11.4. The van der Waals surface area contributed by atoms with E-state index in [2.05, 4.69) is 0 Å². The number of anilines is 2. The van der Waals surface area contributed by atoms with Crippen LogP contribution in [-0.4, -0.2) is 19.9 Å². The molecule has 0 heterocycles. The number of ether oxygens (including phenoxy) is 1. The summed E-state index contributed by atoms with van der Waals surface area (Å²) in [7, 11) is 3.57. The molecular weight excluding hydrogens is 274 g/mol. The third-order valence-electron chi connectivity index (χ3n) is 3.16. The van der Waals surface area contributed by atoms with Crippen LogP contribution in [0.25, 0.3) is 0 Å². The van der Waals surface area contributed by atoms with Crippen LogP contribution in [-0.2, 0) is 0 Å². The Morgan fingerprint density at radius 3 is 2.45 bits per heavy atom. The van der Waals surface area contributed by atoms with Crippen molar-refractivity contribution in [2.45, 2.75) is 6.92 Å². The van der Waals surface area contributed by atoms with Gasteiger partial charge in [-0.15, -0.1) is 0 Å². The van der Waals surface area contributed by atoms with Gasteiger partial charge in [-0.25, -0.2) is 0 Å². The van der Waals surface area contributed by atoms with E-state index >= 15 is 0 Å². The van der Waals surface area contributed by atoms with Gasteiger partial charge >= 0.3 is 0 Å². The topological polar surface area (TPSA) is 29.5 Å². The number of methoxy groups -OCH3 is 1. The number of halogens is 1. The first-order chi connectivity index (χ1) is 9.52. The fourth-order valence-corrected chi connectivity index (χ4v) is 2.27. The number of benzene rings is 2. The van der Waals surface area contributed by atoms with Crippen molar-refractivity contribution in [1.29, 1.82) is 0 Å². The Labute approximate surface area is 123 Å². The molecule has 4 heteroatoms. The lowest BCUT2D eigenvalue weighted by Crippen LogP contribution is -2.10. The summed E-state index contributed by atoms with van der Waals surface area (Å²) in [5.41, 5.74) is 2.43. The highest BCUT2D eigenvalue weighted by Gasteiger charge is 2.10. The van der Waals surface area contributed by atoms with Crippen molar-refractivity contribution in [2.75, 3.05) is 19.1 Å². The number of rotatable bonds is 4. The van der Waals surface area contributed by atoms with E-state index < -0.39 is 0 Å². The van der Waals surface area contributed by atoms with Crippen LogP contribution in [0.5, 0.6) is 5.75 Å². The van der Waals surface area contributed by atoms with Crippen LogP contribution in [0.1, 0.15) is 17.3 Å². The van der Waals surface area contributed by atoms with Gasteiger partial charge in [0.25, 0.3) is 0 Å². The molecule has 0 radical (unpaired) electrons. The largest absolute Gasteiger partial charge is 0.497 e. The van der Waals surface area contributed by atoms with Crippen LogP contribution in [0.3, 0.4) is 0 Å². The number of hydrogen-bond donors (Lipinski definition) is 0. The lowest BCUT2D eigenvalue weighted by atomic mass is 10.1. The predicted molar refractivity (Wildman–Crippen MR) is 82.5 cm³/mol.